The Morgan fingerprint density at radius 2 is 2.00 bits per heavy atom. The second-order valence-electron chi connectivity index (χ2n) is 3.54. The van der Waals surface area contributed by atoms with Gasteiger partial charge in [-0.15, -0.1) is 5.10 Å². The first kappa shape index (κ1) is 11.7. The first-order valence-corrected chi connectivity index (χ1v) is 6.22. The second-order valence-corrected chi connectivity index (χ2v) is 4.31. The molecule has 2 N–H and O–H groups in total. The van der Waals surface area contributed by atoms with Crippen molar-refractivity contribution in [2.24, 2.45) is 0 Å². The number of hydrogen-bond donors (Lipinski definition) is 1. The lowest BCUT2D eigenvalue weighted by Gasteiger charge is -2.01. The summed E-state index contributed by atoms with van der Waals surface area (Å²) < 4.78 is 1.12. The molecule has 5 nitrogen and oxygen atoms in total. The van der Waals surface area contributed by atoms with Gasteiger partial charge in [0.1, 0.15) is 0 Å². The predicted molar refractivity (Wildman–Crippen MR) is 67.1 cm³/mol. The van der Waals surface area contributed by atoms with Crippen LogP contribution in [0.2, 0.25) is 0 Å². The quantitative estimate of drug-likeness (QED) is 0.817. The third-order valence-electron chi connectivity index (χ3n) is 2.29. The Morgan fingerprint density at radius 1 is 1.35 bits per heavy atom. The SMILES string of the molecule is CSc1nc(N)n(C(=O)c2ccc(C)cc2)n1. The first-order valence-electron chi connectivity index (χ1n) is 4.99. The van der Waals surface area contributed by atoms with Crippen molar-refractivity contribution in [1.29, 1.82) is 0 Å². The van der Waals surface area contributed by atoms with Crippen molar-refractivity contribution in [3.63, 3.8) is 0 Å². The number of carbonyl (C=O) groups is 1. The van der Waals surface area contributed by atoms with E-state index in [0.717, 1.165) is 10.2 Å². The maximum atomic E-state index is 12.1. The van der Waals surface area contributed by atoms with Crippen LogP contribution < -0.4 is 5.73 Å². The normalized spacial score (nSPS) is 10.5. The Balaban J connectivity index is 2.36. The lowest BCUT2D eigenvalue weighted by molar-refractivity contribution is 0.0946. The molecule has 0 spiro atoms. The Kier molecular flexibility index (Phi) is 3.14. The Hall–Kier alpha value is -1.82. The minimum atomic E-state index is -0.268. The van der Waals surface area contributed by atoms with Crippen LogP contribution in [0.5, 0.6) is 0 Å². The summed E-state index contributed by atoms with van der Waals surface area (Å²) in [5, 5.41) is 4.51. The molecule has 1 aromatic heterocycles. The van der Waals surface area contributed by atoms with E-state index in [0.29, 0.717) is 10.7 Å². The van der Waals surface area contributed by atoms with Crippen LogP contribution in [-0.4, -0.2) is 26.9 Å². The fourth-order valence-corrected chi connectivity index (χ4v) is 1.71. The summed E-state index contributed by atoms with van der Waals surface area (Å²) in [4.78, 5) is 16.0. The zero-order valence-corrected chi connectivity index (χ0v) is 10.4. The molecule has 0 bridgehead atoms. The van der Waals surface area contributed by atoms with Gasteiger partial charge in [-0.25, -0.2) is 0 Å². The molecule has 2 aromatic rings. The first-order chi connectivity index (χ1) is 8.11. The molecule has 1 heterocycles. The van der Waals surface area contributed by atoms with E-state index in [-0.39, 0.29) is 11.9 Å². The minimum absolute atomic E-state index is 0.111. The maximum Gasteiger partial charge on any atom is 0.281 e. The molecule has 0 fully saturated rings. The number of anilines is 1. The summed E-state index contributed by atoms with van der Waals surface area (Å²) in [5.41, 5.74) is 7.28. The standard InChI is InChI=1S/C11H12N4OS/c1-7-3-5-8(6-4-7)9(16)15-10(12)13-11(14-15)17-2/h3-6H,1-2H3,(H2,12,13,14). The fraction of sp³-hybridized carbons (Fsp3) is 0.182. The zero-order chi connectivity index (χ0) is 12.4. The molecule has 2 rings (SSSR count). The van der Waals surface area contributed by atoms with E-state index in [4.69, 9.17) is 5.73 Å². The van der Waals surface area contributed by atoms with Crippen LogP contribution in [0.1, 0.15) is 15.9 Å². The Morgan fingerprint density at radius 3 is 2.53 bits per heavy atom. The molecular weight excluding hydrogens is 236 g/mol. The van der Waals surface area contributed by atoms with Crippen LogP contribution in [-0.2, 0) is 0 Å². The molecule has 0 aliphatic heterocycles. The Bertz CT molecular complexity index is 547. The molecule has 0 aliphatic rings. The molecule has 0 radical (unpaired) electrons. The highest BCUT2D eigenvalue weighted by molar-refractivity contribution is 7.98. The number of thioether (sulfide) groups is 1. The van der Waals surface area contributed by atoms with Crippen LogP contribution in [0, 0.1) is 6.92 Å². The second kappa shape index (κ2) is 4.58. The molecule has 0 saturated heterocycles. The molecule has 0 saturated carbocycles. The average Bonchev–Trinajstić information content (AvgIpc) is 2.71. The Labute approximate surface area is 103 Å². The molecule has 88 valence electrons. The summed E-state index contributed by atoms with van der Waals surface area (Å²) in [6.45, 7) is 1.96. The monoisotopic (exact) mass is 248 g/mol. The van der Waals surface area contributed by atoms with Crippen LogP contribution in [0.15, 0.2) is 29.4 Å². The third kappa shape index (κ3) is 2.31. The van der Waals surface area contributed by atoms with E-state index in [2.05, 4.69) is 10.1 Å². The number of rotatable bonds is 2. The smallest absolute Gasteiger partial charge is 0.281 e. The zero-order valence-electron chi connectivity index (χ0n) is 9.54. The van der Waals surface area contributed by atoms with Crippen molar-refractivity contribution in [2.45, 2.75) is 12.1 Å². The number of carbonyl (C=O) groups excluding carboxylic acids is 1. The molecule has 0 unspecified atom stereocenters. The highest BCUT2D eigenvalue weighted by atomic mass is 32.2. The largest absolute Gasteiger partial charge is 0.368 e. The highest BCUT2D eigenvalue weighted by Gasteiger charge is 2.15. The van der Waals surface area contributed by atoms with Crippen molar-refractivity contribution in [2.75, 3.05) is 12.0 Å². The molecule has 0 aliphatic carbocycles. The lowest BCUT2D eigenvalue weighted by atomic mass is 10.1. The molecular formula is C11H12N4OS. The van der Waals surface area contributed by atoms with Gasteiger partial charge in [0, 0.05) is 5.56 Å². The number of benzene rings is 1. The third-order valence-corrected chi connectivity index (χ3v) is 2.82. The van der Waals surface area contributed by atoms with Crippen molar-refractivity contribution >= 4 is 23.6 Å². The van der Waals surface area contributed by atoms with E-state index in [1.807, 2.05) is 25.3 Å². The fourth-order valence-electron chi connectivity index (χ4n) is 1.36. The number of nitrogens with zero attached hydrogens (tertiary/aromatic N) is 3. The predicted octanol–water partition coefficient (Wildman–Crippen LogP) is 1.58. The van der Waals surface area contributed by atoms with Gasteiger partial charge >= 0.3 is 0 Å². The van der Waals surface area contributed by atoms with E-state index in [9.17, 15) is 4.79 Å². The molecule has 0 atom stereocenters. The van der Waals surface area contributed by atoms with Gasteiger partial charge < -0.3 is 5.73 Å². The number of aryl methyl sites for hydroxylation is 1. The summed E-state index contributed by atoms with van der Waals surface area (Å²) in [6.07, 6.45) is 1.83. The molecule has 1 aromatic carbocycles. The van der Waals surface area contributed by atoms with E-state index in [1.165, 1.54) is 11.8 Å². The van der Waals surface area contributed by atoms with Gasteiger partial charge in [-0.05, 0) is 25.3 Å². The van der Waals surface area contributed by atoms with Crippen LogP contribution in [0.25, 0.3) is 0 Å². The number of nitrogens with two attached hydrogens (primary N) is 1. The van der Waals surface area contributed by atoms with Crippen molar-refractivity contribution < 1.29 is 4.79 Å². The van der Waals surface area contributed by atoms with Gasteiger partial charge in [-0.1, -0.05) is 29.5 Å². The van der Waals surface area contributed by atoms with Gasteiger partial charge in [-0.2, -0.15) is 9.67 Å². The topological polar surface area (TPSA) is 73.8 Å². The number of nitrogen functional groups attached to an aromatic ring is 1. The van der Waals surface area contributed by atoms with E-state index >= 15 is 0 Å². The van der Waals surface area contributed by atoms with Crippen LogP contribution in [0.4, 0.5) is 5.95 Å². The van der Waals surface area contributed by atoms with Gasteiger partial charge in [0.05, 0.1) is 0 Å². The van der Waals surface area contributed by atoms with E-state index in [1.54, 1.807) is 12.1 Å². The summed E-state index contributed by atoms with van der Waals surface area (Å²) in [5.74, 6) is -0.157. The van der Waals surface area contributed by atoms with E-state index < -0.39 is 0 Å². The summed E-state index contributed by atoms with van der Waals surface area (Å²) in [6, 6.07) is 7.24. The number of aromatic nitrogens is 3. The highest BCUT2D eigenvalue weighted by Crippen LogP contribution is 2.13. The van der Waals surface area contributed by atoms with Crippen LogP contribution >= 0.6 is 11.8 Å². The maximum absolute atomic E-state index is 12.1. The molecule has 17 heavy (non-hydrogen) atoms. The summed E-state index contributed by atoms with van der Waals surface area (Å²) in [7, 11) is 0. The van der Waals surface area contributed by atoms with Crippen molar-refractivity contribution in [1.82, 2.24) is 14.8 Å². The van der Waals surface area contributed by atoms with Gasteiger partial charge in [0.25, 0.3) is 5.91 Å². The average molecular weight is 248 g/mol. The molecule has 0 amide bonds. The van der Waals surface area contributed by atoms with Crippen molar-refractivity contribution in [3.8, 4) is 0 Å². The minimum Gasteiger partial charge on any atom is -0.368 e. The van der Waals surface area contributed by atoms with Gasteiger partial charge in [0.2, 0.25) is 11.1 Å². The molecule has 6 heteroatoms. The summed E-state index contributed by atoms with van der Waals surface area (Å²) >= 11 is 1.34. The number of hydrogen-bond acceptors (Lipinski definition) is 5. The van der Waals surface area contributed by atoms with Crippen LogP contribution in [0.3, 0.4) is 0 Å². The van der Waals surface area contributed by atoms with Crippen molar-refractivity contribution in [3.05, 3.63) is 35.4 Å². The lowest BCUT2D eigenvalue weighted by Crippen LogP contribution is -2.16. The van der Waals surface area contributed by atoms with Gasteiger partial charge in [0.15, 0.2) is 0 Å². The van der Waals surface area contributed by atoms with Gasteiger partial charge in [-0.3, -0.25) is 4.79 Å².